The quantitative estimate of drug-likeness (QED) is 0.295. The third-order valence-corrected chi connectivity index (χ3v) is 5.85. The zero-order valence-electron chi connectivity index (χ0n) is 20.0. The molecule has 0 unspecified atom stereocenters. The standard InChI is InChI=1S/C25H31FN8O2/c26-20-12-18(16-33-8-10-34(11-9-33)17-24(35)36)13-21(14-20)31-25-29-7-4-22(32-25)19-2-3-23(30-15-19)28-6-1-5-27/h2-4,7,12-15H,1,5-6,8-11,16-17,27H2,(H,28,30)(H,35,36)(H,29,31,32). The number of carboxylic acids is 1. The number of hydrogen-bond acceptors (Lipinski definition) is 9. The van der Waals surface area contributed by atoms with Crippen LogP contribution in [0.1, 0.15) is 12.0 Å². The van der Waals surface area contributed by atoms with Crippen molar-refractivity contribution in [3.8, 4) is 11.3 Å². The first-order valence-corrected chi connectivity index (χ1v) is 11.9. The van der Waals surface area contributed by atoms with E-state index in [1.165, 1.54) is 12.1 Å². The lowest BCUT2D eigenvalue weighted by molar-refractivity contribution is -0.138. The zero-order valence-corrected chi connectivity index (χ0v) is 20.0. The zero-order chi connectivity index (χ0) is 25.3. The van der Waals surface area contributed by atoms with Crippen molar-refractivity contribution in [3.63, 3.8) is 0 Å². The van der Waals surface area contributed by atoms with Crippen molar-refractivity contribution in [2.45, 2.75) is 13.0 Å². The van der Waals surface area contributed by atoms with E-state index in [0.29, 0.717) is 43.5 Å². The molecular formula is C25H31FN8O2. The lowest BCUT2D eigenvalue weighted by atomic mass is 10.1. The number of nitrogens with two attached hydrogens (primary N) is 1. The van der Waals surface area contributed by atoms with Gasteiger partial charge in [0.05, 0.1) is 12.2 Å². The van der Waals surface area contributed by atoms with Gasteiger partial charge in [-0.1, -0.05) is 0 Å². The molecule has 1 aliphatic rings. The molecule has 0 bridgehead atoms. The average molecular weight is 495 g/mol. The largest absolute Gasteiger partial charge is 0.480 e. The Kier molecular flexibility index (Phi) is 8.71. The van der Waals surface area contributed by atoms with Gasteiger partial charge in [0.15, 0.2) is 0 Å². The molecule has 2 aromatic heterocycles. The van der Waals surface area contributed by atoms with Crippen LogP contribution in [-0.4, -0.2) is 81.6 Å². The molecule has 0 atom stereocenters. The molecule has 4 rings (SSSR count). The van der Waals surface area contributed by atoms with Gasteiger partial charge in [0.1, 0.15) is 11.6 Å². The number of pyridine rings is 1. The minimum absolute atomic E-state index is 0.0484. The Hall–Kier alpha value is -3.67. The van der Waals surface area contributed by atoms with E-state index < -0.39 is 5.97 Å². The van der Waals surface area contributed by atoms with Gasteiger partial charge in [-0.3, -0.25) is 14.6 Å². The monoisotopic (exact) mass is 494 g/mol. The summed E-state index contributed by atoms with van der Waals surface area (Å²) >= 11 is 0. The Bertz CT molecular complexity index is 1150. The fourth-order valence-corrected chi connectivity index (χ4v) is 4.05. The smallest absolute Gasteiger partial charge is 0.317 e. The third kappa shape index (κ3) is 7.41. The summed E-state index contributed by atoms with van der Waals surface area (Å²) in [5.74, 6) is -0.0385. The maximum Gasteiger partial charge on any atom is 0.317 e. The number of nitrogens with one attached hydrogen (secondary N) is 2. The fourth-order valence-electron chi connectivity index (χ4n) is 4.05. The summed E-state index contributed by atoms with van der Waals surface area (Å²) in [6.07, 6.45) is 4.26. The highest BCUT2D eigenvalue weighted by atomic mass is 19.1. The molecule has 0 spiro atoms. The third-order valence-electron chi connectivity index (χ3n) is 5.85. The summed E-state index contributed by atoms with van der Waals surface area (Å²) in [6.45, 7) is 4.82. The first-order valence-electron chi connectivity index (χ1n) is 11.9. The molecule has 0 radical (unpaired) electrons. The molecule has 1 fully saturated rings. The van der Waals surface area contributed by atoms with Crippen LogP contribution < -0.4 is 16.4 Å². The van der Waals surface area contributed by atoms with Gasteiger partial charge in [-0.2, -0.15) is 0 Å². The molecule has 1 aliphatic heterocycles. The normalized spacial score (nSPS) is 14.5. The molecule has 11 heteroatoms. The lowest BCUT2D eigenvalue weighted by Crippen LogP contribution is -2.47. The van der Waals surface area contributed by atoms with Gasteiger partial charge in [0, 0.05) is 62.9 Å². The van der Waals surface area contributed by atoms with E-state index in [-0.39, 0.29) is 12.4 Å². The number of hydrogen-bond donors (Lipinski definition) is 4. The number of aliphatic carboxylic acids is 1. The summed E-state index contributed by atoms with van der Waals surface area (Å²) in [7, 11) is 0. The summed E-state index contributed by atoms with van der Waals surface area (Å²) in [5.41, 5.74) is 8.44. The van der Waals surface area contributed by atoms with Gasteiger partial charge in [0.2, 0.25) is 5.95 Å². The number of rotatable bonds is 11. The van der Waals surface area contributed by atoms with E-state index in [4.69, 9.17) is 10.8 Å². The first kappa shape index (κ1) is 25.4. The Morgan fingerprint density at radius 2 is 1.89 bits per heavy atom. The van der Waals surface area contributed by atoms with Crippen LogP contribution in [0.2, 0.25) is 0 Å². The van der Waals surface area contributed by atoms with E-state index in [0.717, 1.165) is 43.0 Å². The van der Waals surface area contributed by atoms with Crippen LogP contribution in [-0.2, 0) is 11.3 Å². The predicted octanol–water partition coefficient (Wildman–Crippen LogP) is 2.38. The number of anilines is 3. The highest BCUT2D eigenvalue weighted by molar-refractivity contribution is 5.69. The van der Waals surface area contributed by atoms with E-state index in [2.05, 4.69) is 30.5 Å². The Morgan fingerprint density at radius 3 is 2.61 bits per heavy atom. The molecule has 1 saturated heterocycles. The number of carbonyl (C=O) groups is 1. The minimum Gasteiger partial charge on any atom is -0.480 e. The summed E-state index contributed by atoms with van der Waals surface area (Å²) in [5, 5.41) is 15.3. The van der Waals surface area contributed by atoms with Crippen molar-refractivity contribution >= 4 is 23.4 Å². The number of halogens is 1. The van der Waals surface area contributed by atoms with Gasteiger partial charge in [-0.05, 0) is 54.9 Å². The molecule has 0 saturated carbocycles. The van der Waals surface area contributed by atoms with Crippen LogP contribution >= 0.6 is 0 Å². The van der Waals surface area contributed by atoms with Crippen molar-refractivity contribution in [2.75, 3.05) is 56.4 Å². The van der Waals surface area contributed by atoms with E-state index in [1.54, 1.807) is 18.5 Å². The van der Waals surface area contributed by atoms with E-state index in [1.807, 2.05) is 23.1 Å². The van der Waals surface area contributed by atoms with Gasteiger partial charge in [-0.15, -0.1) is 0 Å². The van der Waals surface area contributed by atoms with Crippen molar-refractivity contribution in [1.29, 1.82) is 0 Å². The average Bonchev–Trinajstić information content (AvgIpc) is 2.85. The second-order valence-electron chi connectivity index (χ2n) is 8.69. The van der Waals surface area contributed by atoms with Crippen LogP contribution in [0.5, 0.6) is 0 Å². The molecule has 190 valence electrons. The molecule has 3 heterocycles. The molecule has 36 heavy (non-hydrogen) atoms. The van der Waals surface area contributed by atoms with Gasteiger partial charge >= 0.3 is 5.97 Å². The van der Waals surface area contributed by atoms with Crippen LogP contribution in [0.4, 0.5) is 21.8 Å². The number of piperazine rings is 1. The Labute approximate surface area is 209 Å². The summed E-state index contributed by atoms with van der Waals surface area (Å²) in [4.78, 5) is 28.3. The van der Waals surface area contributed by atoms with Crippen LogP contribution in [0, 0.1) is 5.82 Å². The maximum atomic E-state index is 14.4. The Morgan fingerprint density at radius 1 is 1.08 bits per heavy atom. The highest BCUT2D eigenvalue weighted by Gasteiger charge is 2.19. The van der Waals surface area contributed by atoms with Gasteiger partial charge < -0.3 is 21.5 Å². The van der Waals surface area contributed by atoms with Crippen molar-refractivity contribution in [2.24, 2.45) is 5.73 Å². The molecule has 10 nitrogen and oxygen atoms in total. The summed E-state index contributed by atoms with van der Waals surface area (Å²) in [6, 6.07) is 10.4. The second-order valence-corrected chi connectivity index (χ2v) is 8.69. The van der Waals surface area contributed by atoms with Crippen molar-refractivity contribution in [1.82, 2.24) is 24.8 Å². The fraction of sp³-hybridized carbons (Fsp3) is 0.360. The molecule has 0 aliphatic carbocycles. The van der Waals surface area contributed by atoms with E-state index >= 15 is 0 Å². The predicted molar refractivity (Wildman–Crippen MR) is 136 cm³/mol. The number of aromatic nitrogens is 3. The van der Waals surface area contributed by atoms with Gasteiger partial charge in [0.25, 0.3) is 0 Å². The maximum absolute atomic E-state index is 14.4. The summed E-state index contributed by atoms with van der Waals surface area (Å²) < 4.78 is 14.4. The molecule has 3 aromatic rings. The molecule has 0 amide bonds. The van der Waals surface area contributed by atoms with Crippen LogP contribution in [0.25, 0.3) is 11.3 Å². The number of benzene rings is 1. The first-order chi connectivity index (χ1) is 17.5. The SMILES string of the molecule is NCCCNc1ccc(-c2ccnc(Nc3cc(F)cc(CN4CCN(CC(=O)O)CC4)c3)n2)cn1. The highest BCUT2D eigenvalue weighted by Crippen LogP contribution is 2.22. The Balaban J connectivity index is 1.39. The van der Waals surface area contributed by atoms with E-state index in [9.17, 15) is 9.18 Å². The second kappa shape index (κ2) is 12.3. The molecular weight excluding hydrogens is 463 g/mol. The minimum atomic E-state index is -0.820. The molecule has 1 aromatic carbocycles. The van der Waals surface area contributed by atoms with Gasteiger partial charge in [-0.25, -0.2) is 19.3 Å². The topological polar surface area (TPSA) is 133 Å². The van der Waals surface area contributed by atoms with Crippen molar-refractivity contribution in [3.05, 3.63) is 60.2 Å². The van der Waals surface area contributed by atoms with Crippen LogP contribution in [0.3, 0.4) is 0 Å². The lowest BCUT2D eigenvalue weighted by Gasteiger charge is -2.33. The number of nitrogens with zero attached hydrogens (tertiary/aromatic N) is 5. The number of carboxylic acid groups (broad SMARTS) is 1. The van der Waals surface area contributed by atoms with Crippen LogP contribution in [0.15, 0.2) is 48.8 Å². The molecule has 5 N–H and O–H groups in total. The van der Waals surface area contributed by atoms with Crippen molar-refractivity contribution < 1.29 is 14.3 Å².